The molecule has 5 nitrogen and oxygen atoms in total. The zero-order valence-electron chi connectivity index (χ0n) is 12.1. The van der Waals surface area contributed by atoms with Crippen LogP contribution in [-0.4, -0.2) is 39.0 Å². The van der Waals surface area contributed by atoms with Gasteiger partial charge >= 0.3 is 5.97 Å². The van der Waals surface area contributed by atoms with Gasteiger partial charge in [0.05, 0.1) is 0 Å². The minimum atomic E-state index is -1.08. The number of carbonyl (C=O) groups is 2. The number of rotatable bonds is 5. The van der Waals surface area contributed by atoms with Crippen molar-refractivity contribution < 1.29 is 14.7 Å². The Kier molecular flexibility index (Phi) is 4.11. The second-order valence-electron chi connectivity index (χ2n) is 5.64. The number of carboxylic acids is 1. The molecule has 2 heterocycles. The van der Waals surface area contributed by atoms with Crippen LogP contribution in [0, 0.1) is 0 Å². The van der Waals surface area contributed by atoms with Crippen molar-refractivity contribution in [2.45, 2.75) is 24.8 Å². The molecule has 0 bridgehead atoms. The minimum absolute atomic E-state index is 0.195. The summed E-state index contributed by atoms with van der Waals surface area (Å²) >= 11 is 1.57. The molecule has 1 aromatic carbocycles. The minimum Gasteiger partial charge on any atom is -0.479 e. The van der Waals surface area contributed by atoms with E-state index >= 15 is 0 Å². The number of hydrogen-bond acceptors (Lipinski definition) is 3. The molecule has 0 spiro atoms. The number of fused-ring (bicyclic) bond motifs is 1. The van der Waals surface area contributed by atoms with Crippen LogP contribution in [0.15, 0.2) is 30.5 Å². The third kappa shape index (κ3) is 2.97. The molecule has 2 aromatic rings. The monoisotopic (exact) mass is 318 g/mol. The normalized spacial score (nSPS) is 21.1. The number of H-pyrrole nitrogens is 1. The van der Waals surface area contributed by atoms with Crippen molar-refractivity contribution in [2.75, 3.05) is 11.5 Å². The lowest BCUT2D eigenvalue weighted by atomic mass is 9.98. The largest absolute Gasteiger partial charge is 0.479 e. The fraction of sp³-hybridized carbons (Fsp3) is 0.375. The van der Waals surface area contributed by atoms with Crippen molar-refractivity contribution in [3.63, 3.8) is 0 Å². The van der Waals surface area contributed by atoms with Crippen molar-refractivity contribution in [2.24, 2.45) is 0 Å². The molecule has 0 aliphatic carbocycles. The zero-order chi connectivity index (χ0) is 15.6. The maximum absolute atomic E-state index is 12.1. The third-order valence-electron chi connectivity index (χ3n) is 4.07. The van der Waals surface area contributed by atoms with Gasteiger partial charge in [-0.2, -0.15) is 11.8 Å². The molecule has 6 heteroatoms. The number of benzene rings is 1. The number of nitrogens with one attached hydrogen (secondary N) is 2. The standard InChI is InChI=1S/C16H18N2O3S/c19-14(18-16(15(20)21)6-8-22-10-16)4-2-11-1-3-13-12(9-11)5-7-17-13/h1,3,5,7,9,17H,2,4,6,8,10H2,(H,18,19)(H,20,21). The van der Waals surface area contributed by atoms with Crippen LogP contribution < -0.4 is 5.32 Å². The first kappa shape index (κ1) is 15.0. The van der Waals surface area contributed by atoms with Gasteiger partial charge in [-0.25, -0.2) is 4.79 Å². The summed E-state index contributed by atoms with van der Waals surface area (Å²) in [6, 6.07) is 8.03. The Hall–Kier alpha value is -1.95. The summed E-state index contributed by atoms with van der Waals surface area (Å²) in [5.74, 6) is 0.0961. The number of hydrogen-bond donors (Lipinski definition) is 3. The maximum atomic E-state index is 12.1. The van der Waals surface area contributed by atoms with Crippen molar-refractivity contribution in [1.82, 2.24) is 10.3 Å². The number of aromatic amines is 1. The predicted octanol–water partition coefficient (Wildman–Crippen LogP) is 2.18. The summed E-state index contributed by atoms with van der Waals surface area (Å²) < 4.78 is 0. The molecule has 1 unspecified atom stereocenters. The molecule has 3 N–H and O–H groups in total. The smallest absolute Gasteiger partial charge is 0.330 e. The van der Waals surface area contributed by atoms with Crippen LogP contribution in [0.5, 0.6) is 0 Å². The van der Waals surface area contributed by atoms with E-state index in [1.54, 1.807) is 11.8 Å². The van der Waals surface area contributed by atoms with Gasteiger partial charge in [0.1, 0.15) is 5.54 Å². The highest BCUT2D eigenvalue weighted by atomic mass is 32.2. The Balaban J connectivity index is 1.60. The van der Waals surface area contributed by atoms with Crippen LogP contribution in [0.2, 0.25) is 0 Å². The molecule has 1 aliphatic rings. The van der Waals surface area contributed by atoms with Crippen molar-refractivity contribution >= 4 is 34.5 Å². The van der Waals surface area contributed by atoms with E-state index in [1.807, 2.05) is 24.4 Å². The van der Waals surface area contributed by atoms with Crippen LogP contribution in [-0.2, 0) is 16.0 Å². The van der Waals surface area contributed by atoms with E-state index in [0.29, 0.717) is 25.0 Å². The van der Waals surface area contributed by atoms with Gasteiger partial charge in [-0.3, -0.25) is 4.79 Å². The fourth-order valence-electron chi connectivity index (χ4n) is 2.73. The summed E-state index contributed by atoms with van der Waals surface area (Å²) in [5, 5.41) is 13.2. The highest BCUT2D eigenvalue weighted by Gasteiger charge is 2.43. The van der Waals surface area contributed by atoms with Crippen LogP contribution >= 0.6 is 11.8 Å². The van der Waals surface area contributed by atoms with Crippen LogP contribution in [0.1, 0.15) is 18.4 Å². The summed E-state index contributed by atoms with van der Waals surface area (Å²) in [4.78, 5) is 26.7. The quantitative estimate of drug-likeness (QED) is 0.789. The second kappa shape index (κ2) is 6.04. The Morgan fingerprint density at radius 3 is 2.95 bits per heavy atom. The van der Waals surface area contributed by atoms with Gasteiger partial charge < -0.3 is 15.4 Å². The summed E-state index contributed by atoms with van der Waals surface area (Å²) in [5.41, 5.74) is 1.07. The van der Waals surface area contributed by atoms with Gasteiger partial charge in [0.2, 0.25) is 5.91 Å². The van der Waals surface area contributed by atoms with Crippen LogP contribution in [0.3, 0.4) is 0 Å². The second-order valence-corrected chi connectivity index (χ2v) is 6.74. The number of carbonyl (C=O) groups excluding carboxylic acids is 1. The average Bonchev–Trinajstić information content (AvgIpc) is 3.14. The van der Waals surface area contributed by atoms with E-state index in [1.165, 1.54) is 0 Å². The van der Waals surface area contributed by atoms with Crippen molar-refractivity contribution in [1.29, 1.82) is 0 Å². The van der Waals surface area contributed by atoms with E-state index in [-0.39, 0.29) is 5.91 Å². The molecular weight excluding hydrogens is 300 g/mol. The number of carboxylic acid groups (broad SMARTS) is 1. The SMILES string of the molecule is O=C(CCc1ccc2[nH]ccc2c1)NC1(C(=O)O)CCSC1. The zero-order valence-corrected chi connectivity index (χ0v) is 12.9. The lowest BCUT2D eigenvalue weighted by molar-refractivity contribution is -0.146. The molecule has 1 aliphatic heterocycles. The van der Waals surface area contributed by atoms with Gasteiger partial charge in [-0.1, -0.05) is 6.07 Å². The molecule has 0 radical (unpaired) electrons. The Bertz CT molecular complexity index is 704. The van der Waals surface area contributed by atoms with E-state index in [4.69, 9.17) is 0 Å². The van der Waals surface area contributed by atoms with Gasteiger partial charge in [-0.15, -0.1) is 0 Å². The van der Waals surface area contributed by atoms with E-state index in [2.05, 4.69) is 16.4 Å². The molecule has 1 atom stereocenters. The molecule has 22 heavy (non-hydrogen) atoms. The lowest BCUT2D eigenvalue weighted by Crippen LogP contribution is -2.54. The molecule has 116 valence electrons. The predicted molar refractivity (Wildman–Crippen MR) is 87.1 cm³/mol. The summed E-state index contributed by atoms with van der Waals surface area (Å²) in [7, 11) is 0. The molecule has 3 rings (SSSR count). The Morgan fingerprint density at radius 2 is 2.23 bits per heavy atom. The molecule has 1 fully saturated rings. The Morgan fingerprint density at radius 1 is 1.36 bits per heavy atom. The van der Waals surface area contributed by atoms with E-state index in [9.17, 15) is 14.7 Å². The molecule has 0 saturated carbocycles. The molecule has 1 saturated heterocycles. The van der Waals surface area contributed by atoms with E-state index in [0.717, 1.165) is 22.2 Å². The number of thioether (sulfide) groups is 1. The lowest BCUT2D eigenvalue weighted by Gasteiger charge is -2.24. The van der Waals surface area contributed by atoms with Crippen molar-refractivity contribution in [3.05, 3.63) is 36.0 Å². The first-order chi connectivity index (χ1) is 10.6. The highest BCUT2D eigenvalue weighted by Crippen LogP contribution is 2.28. The van der Waals surface area contributed by atoms with Gasteiger partial charge in [-0.05, 0) is 47.7 Å². The topological polar surface area (TPSA) is 82.2 Å². The third-order valence-corrected chi connectivity index (χ3v) is 5.26. The molecule has 1 amide bonds. The molecular formula is C16H18N2O3S. The number of aryl methyl sites for hydroxylation is 1. The highest BCUT2D eigenvalue weighted by molar-refractivity contribution is 7.99. The van der Waals surface area contributed by atoms with Crippen molar-refractivity contribution in [3.8, 4) is 0 Å². The summed E-state index contributed by atoms with van der Waals surface area (Å²) in [6.07, 6.45) is 3.29. The van der Waals surface area contributed by atoms with Gasteiger partial charge in [0.25, 0.3) is 0 Å². The average molecular weight is 318 g/mol. The van der Waals surface area contributed by atoms with E-state index < -0.39 is 11.5 Å². The maximum Gasteiger partial charge on any atom is 0.330 e. The first-order valence-corrected chi connectivity index (χ1v) is 8.43. The van der Waals surface area contributed by atoms with Gasteiger partial charge in [0.15, 0.2) is 0 Å². The van der Waals surface area contributed by atoms with Crippen LogP contribution in [0.25, 0.3) is 10.9 Å². The Labute approximate surface area is 132 Å². The number of aliphatic carboxylic acids is 1. The van der Waals surface area contributed by atoms with Gasteiger partial charge in [0, 0.05) is 23.9 Å². The summed E-state index contributed by atoms with van der Waals surface area (Å²) in [6.45, 7) is 0. The molecule has 1 aromatic heterocycles. The fourth-order valence-corrected chi connectivity index (χ4v) is 4.06. The first-order valence-electron chi connectivity index (χ1n) is 7.27. The number of amides is 1. The van der Waals surface area contributed by atoms with Crippen LogP contribution in [0.4, 0.5) is 0 Å². The number of aromatic nitrogens is 1.